The first-order valence-corrected chi connectivity index (χ1v) is 4.47. The van der Waals surface area contributed by atoms with Crippen molar-refractivity contribution < 1.29 is 0 Å². The molecule has 0 saturated heterocycles. The molecule has 2 rings (SSSR count). The van der Waals surface area contributed by atoms with E-state index in [1.165, 1.54) is 0 Å². The lowest BCUT2D eigenvalue weighted by Gasteiger charge is -2.14. The molecule has 0 unspecified atom stereocenters. The van der Waals surface area contributed by atoms with E-state index < -0.39 is 0 Å². The van der Waals surface area contributed by atoms with Gasteiger partial charge in [-0.15, -0.1) is 0 Å². The number of nitrogens with zero attached hydrogens (tertiary/aromatic N) is 1. The van der Waals surface area contributed by atoms with Crippen LogP contribution >= 0.6 is 0 Å². The van der Waals surface area contributed by atoms with Crippen molar-refractivity contribution in [1.82, 2.24) is 4.98 Å². The van der Waals surface area contributed by atoms with Crippen molar-refractivity contribution in [3.8, 4) is 0 Å². The highest BCUT2D eigenvalue weighted by atomic mass is 14.9. The van der Waals surface area contributed by atoms with Gasteiger partial charge in [-0.2, -0.15) is 0 Å². The normalized spacial score (nSPS) is 16.3. The average molecular weight is 175 g/mol. The molecule has 0 atom stereocenters. The van der Waals surface area contributed by atoms with Gasteiger partial charge in [0.2, 0.25) is 0 Å². The number of hydrogen-bond acceptors (Lipinski definition) is 3. The van der Waals surface area contributed by atoms with Crippen molar-refractivity contribution in [3.05, 3.63) is 30.6 Å². The summed E-state index contributed by atoms with van der Waals surface area (Å²) in [7, 11) is 0. The summed E-state index contributed by atoms with van der Waals surface area (Å²) in [6.45, 7) is 0. The Morgan fingerprint density at radius 1 is 1.38 bits per heavy atom. The van der Waals surface area contributed by atoms with Crippen LogP contribution in [0.1, 0.15) is 12.8 Å². The standard InChI is InChI=1S/C10H13N3/c11-9-5-6-12-7-10(9)13-8-3-1-2-4-8/h1-2,5-8,13H,3-4H2,(H2,11,12). The van der Waals surface area contributed by atoms with E-state index in [4.69, 9.17) is 5.73 Å². The van der Waals surface area contributed by atoms with E-state index in [2.05, 4.69) is 22.5 Å². The molecule has 0 bridgehead atoms. The fourth-order valence-electron chi connectivity index (χ4n) is 1.48. The molecule has 0 radical (unpaired) electrons. The van der Waals surface area contributed by atoms with E-state index in [1.54, 1.807) is 12.4 Å². The van der Waals surface area contributed by atoms with Gasteiger partial charge in [-0.05, 0) is 18.9 Å². The van der Waals surface area contributed by atoms with E-state index in [0.29, 0.717) is 6.04 Å². The van der Waals surface area contributed by atoms with Crippen molar-refractivity contribution in [2.75, 3.05) is 11.1 Å². The summed E-state index contributed by atoms with van der Waals surface area (Å²) in [4.78, 5) is 4.02. The van der Waals surface area contributed by atoms with Gasteiger partial charge in [0.25, 0.3) is 0 Å². The summed E-state index contributed by atoms with van der Waals surface area (Å²) in [5, 5.41) is 3.36. The van der Waals surface area contributed by atoms with E-state index in [1.807, 2.05) is 6.07 Å². The van der Waals surface area contributed by atoms with Crippen LogP contribution in [0.25, 0.3) is 0 Å². The van der Waals surface area contributed by atoms with Gasteiger partial charge < -0.3 is 11.1 Å². The summed E-state index contributed by atoms with van der Waals surface area (Å²) in [5.74, 6) is 0. The largest absolute Gasteiger partial charge is 0.397 e. The molecule has 0 amide bonds. The van der Waals surface area contributed by atoms with Crippen LogP contribution in [-0.2, 0) is 0 Å². The molecule has 3 nitrogen and oxygen atoms in total. The van der Waals surface area contributed by atoms with Crippen molar-refractivity contribution in [1.29, 1.82) is 0 Å². The Bertz CT molecular complexity index is 312. The Morgan fingerprint density at radius 2 is 2.15 bits per heavy atom. The van der Waals surface area contributed by atoms with E-state index in [9.17, 15) is 0 Å². The minimum Gasteiger partial charge on any atom is -0.397 e. The van der Waals surface area contributed by atoms with Crippen molar-refractivity contribution >= 4 is 11.4 Å². The molecule has 13 heavy (non-hydrogen) atoms. The molecule has 1 aromatic heterocycles. The molecule has 1 aromatic rings. The Labute approximate surface area is 77.7 Å². The van der Waals surface area contributed by atoms with E-state index in [-0.39, 0.29) is 0 Å². The van der Waals surface area contributed by atoms with E-state index >= 15 is 0 Å². The zero-order valence-corrected chi connectivity index (χ0v) is 7.40. The lowest BCUT2D eigenvalue weighted by atomic mass is 10.2. The average Bonchev–Trinajstić information content (AvgIpc) is 2.61. The molecule has 3 heteroatoms. The molecule has 0 aromatic carbocycles. The number of anilines is 2. The highest BCUT2D eigenvalue weighted by molar-refractivity contribution is 5.64. The third kappa shape index (κ3) is 1.80. The smallest absolute Gasteiger partial charge is 0.0762 e. The number of nitrogens with two attached hydrogens (primary N) is 1. The van der Waals surface area contributed by atoms with Crippen LogP contribution in [0.4, 0.5) is 11.4 Å². The molecule has 68 valence electrons. The minimum absolute atomic E-state index is 0.492. The van der Waals surface area contributed by atoms with Gasteiger partial charge in [0.15, 0.2) is 0 Å². The number of nitrogen functional groups attached to an aromatic ring is 1. The third-order valence-corrected chi connectivity index (χ3v) is 2.22. The SMILES string of the molecule is Nc1ccncc1NC1CC=CC1. The van der Waals surface area contributed by atoms with Gasteiger partial charge >= 0.3 is 0 Å². The monoisotopic (exact) mass is 175 g/mol. The number of nitrogens with one attached hydrogen (secondary N) is 1. The van der Waals surface area contributed by atoms with Gasteiger partial charge in [-0.1, -0.05) is 12.2 Å². The molecule has 0 aliphatic heterocycles. The first-order chi connectivity index (χ1) is 6.36. The van der Waals surface area contributed by atoms with Gasteiger partial charge in [0.1, 0.15) is 0 Å². The second-order valence-electron chi connectivity index (χ2n) is 3.25. The molecular formula is C10H13N3. The predicted octanol–water partition coefficient (Wildman–Crippen LogP) is 1.79. The lowest BCUT2D eigenvalue weighted by molar-refractivity contribution is 0.786. The van der Waals surface area contributed by atoms with Crippen molar-refractivity contribution in [2.24, 2.45) is 0 Å². The van der Waals surface area contributed by atoms with Crippen LogP contribution in [0.3, 0.4) is 0 Å². The Hall–Kier alpha value is -1.51. The zero-order chi connectivity index (χ0) is 9.10. The molecule has 0 saturated carbocycles. The molecule has 1 heterocycles. The number of pyridine rings is 1. The third-order valence-electron chi connectivity index (χ3n) is 2.22. The maximum atomic E-state index is 5.78. The van der Waals surface area contributed by atoms with Gasteiger partial charge in [0, 0.05) is 12.2 Å². The van der Waals surface area contributed by atoms with Crippen LogP contribution in [0.5, 0.6) is 0 Å². The second-order valence-corrected chi connectivity index (χ2v) is 3.25. The second kappa shape index (κ2) is 3.47. The van der Waals surface area contributed by atoms with Gasteiger partial charge in [-0.3, -0.25) is 4.98 Å². The quantitative estimate of drug-likeness (QED) is 0.674. The Kier molecular flexibility index (Phi) is 2.17. The zero-order valence-electron chi connectivity index (χ0n) is 7.40. The van der Waals surface area contributed by atoms with Crippen LogP contribution < -0.4 is 11.1 Å². The van der Waals surface area contributed by atoms with Gasteiger partial charge in [-0.25, -0.2) is 0 Å². The fraction of sp³-hybridized carbons (Fsp3) is 0.300. The number of aromatic nitrogens is 1. The van der Waals surface area contributed by atoms with Gasteiger partial charge in [0.05, 0.1) is 17.6 Å². The van der Waals surface area contributed by atoms with Crippen molar-refractivity contribution in [3.63, 3.8) is 0 Å². The molecular weight excluding hydrogens is 162 g/mol. The number of rotatable bonds is 2. The summed E-state index contributed by atoms with van der Waals surface area (Å²) in [5.41, 5.74) is 7.48. The first kappa shape index (κ1) is 8.10. The lowest BCUT2D eigenvalue weighted by Crippen LogP contribution is -2.16. The maximum absolute atomic E-state index is 5.78. The summed E-state index contributed by atoms with van der Waals surface area (Å²) in [6, 6.07) is 2.30. The maximum Gasteiger partial charge on any atom is 0.0762 e. The van der Waals surface area contributed by atoms with Crippen molar-refractivity contribution in [2.45, 2.75) is 18.9 Å². The summed E-state index contributed by atoms with van der Waals surface area (Å²) in [6.07, 6.45) is 10.00. The number of hydrogen-bond donors (Lipinski definition) is 2. The highest BCUT2D eigenvalue weighted by Crippen LogP contribution is 2.20. The summed E-state index contributed by atoms with van der Waals surface area (Å²) >= 11 is 0. The Balaban J connectivity index is 2.05. The predicted molar refractivity (Wildman–Crippen MR) is 54.4 cm³/mol. The molecule has 0 spiro atoms. The van der Waals surface area contributed by atoms with Crippen LogP contribution in [0.15, 0.2) is 30.6 Å². The molecule has 0 fully saturated rings. The fourth-order valence-corrected chi connectivity index (χ4v) is 1.48. The molecule has 3 N–H and O–H groups in total. The van der Waals surface area contributed by atoms with Crippen LogP contribution in [0, 0.1) is 0 Å². The topological polar surface area (TPSA) is 50.9 Å². The summed E-state index contributed by atoms with van der Waals surface area (Å²) < 4.78 is 0. The highest BCUT2D eigenvalue weighted by Gasteiger charge is 2.10. The van der Waals surface area contributed by atoms with Crippen LogP contribution in [0.2, 0.25) is 0 Å². The minimum atomic E-state index is 0.492. The molecule has 1 aliphatic rings. The Morgan fingerprint density at radius 3 is 2.85 bits per heavy atom. The van der Waals surface area contributed by atoms with E-state index in [0.717, 1.165) is 24.2 Å². The first-order valence-electron chi connectivity index (χ1n) is 4.47. The molecule has 1 aliphatic carbocycles. The van der Waals surface area contributed by atoms with Crippen LogP contribution in [-0.4, -0.2) is 11.0 Å².